The van der Waals surface area contributed by atoms with Crippen molar-refractivity contribution in [2.75, 3.05) is 20.4 Å². The molecule has 0 bridgehead atoms. The minimum atomic E-state index is -3.31. The normalized spacial score (nSPS) is 13.0. The largest absolute Gasteiger partial charge is 0.496 e. The number of hydrogen-bond acceptors (Lipinski definition) is 4. The van der Waals surface area contributed by atoms with Crippen molar-refractivity contribution in [1.82, 2.24) is 0 Å². The Morgan fingerprint density at radius 1 is 0.852 bits per heavy atom. The van der Waals surface area contributed by atoms with Crippen molar-refractivity contribution in [2.45, 2.75) is 39.0 Å². The molecule has 0 amide bonds. The van der Waals surface area contributed by atoms with Gasteiger partial charge in [-0.25, -0.2) is 0 Å². The van der Waals surface area contributed by atoms with Crippen LogP contribution in [0.2, 0.25) is 0 Å². The van der Waals surface area contributed by atoms with Gasteiger partial charge in [0, 0.05) is 11.5 Å². The molecule has 0 saturated carbocycles. The van der Waals surface area contributed by atoms with E-state index in [1.165, 1.54) is 14.2 Å². The minimum Gasteiger partial charge on any atom is -0.496 e. The van der Waals surface area contributed by atoms with E-state index in [1.807, 2.05) is 18.2 Å². The molecule has 1 atom stereocenters. The Morgan fingerprint density at radius 2 is 1.44 bits per heavy atom. The van der Waals surface area contributed by atoms with Crippen LogP contribution in [-0.4, -0.2) is 25.9 Å². The molecule has 0 aliphatic heterocycles. The van der Waals surface area contributed by atoms with Crippen molar-refractivity contribution in [1.29, 1.82) is 0 Å². The first-order valence-electron chi connectivity index (χ1n) is 9.49. The Balaban J connectivity index is 2.42. The summed E-state index contributed by atoms with van der Waals surface area (Å²) in [7, 11) is -0.305. The molecule has 0 aliphatic rings. The van der Waals surface area contributed by atoms with Crippen LogP contribution in [0.25, 0.3) is 0 Å². The molecule has 0 spiro atoms. The molecule has 4 nitrogen and oxygen atoms in total. The summed E-state index contributed by atoms with van der Waals surface area (Å²) >= 11 is 0. The number of hydrogen-bond donors (Lipinski definition) is 0. The highest BCUT2D eigenvalue weighted by Crippen LogP contribution is 2.51. The SMILES string of the molecule is CCCCCCCP(=O)(C(=O)c1c(OC)cccc1OC)c1ccccc1. The van der Waals surface area contributed by atoms with Crippen LogP contribution in [-0.2, 0) is 4.57 Å². The highest BCUT2D eigenvalue weighted by atomic mass is 31.2. The molecule has 2 aromatic carbocycles. The quantitative estimate of drug-likeness (QED) is 0.377. The number of benzene rings is 2. The van der Waals surface area contributed by atoms with Crippen LogP contribution in [0.15, 0.2) is 48.5 Å². The van der Waals surface area contributed by atoms with Crippen LogP contribution in [0.3, 0.4) is 0 Å². The van der Waals surface area contributed by atoms with Crippen LogP contribution < -0.4 is 14.8 Å². The van der Waals surface area contributed by atoms with E-state index in [0.29, 0.717) is 23.0 Å². The van der Waals surface area contributed by atoms with Crippen LogP contribution >= 0.6 is 7.14 Å². The van der Waals surface area contributed by atoms with Gasteiger partial charge in [0.25, 0.3) is 0 Å². The van der Waals surface area contributed by atoms with Gasteiger partial charge in [-0.3, -0.25) is 4.79 Å². The van der Waals surface area contributed by atoms with Gasteiger partial charge in [0.05, 0.1) is 14.2 Å². The zero-order valence-electron chi connectivity index (χ0n) is 16.4. The third-order valence-electron chi connectivity index (χ3n) is 4.72. The van der Waals surface area contributed by atoms with Gasteiger partial charge < -0.3 is 14.0 Å². The zero-order chi connectivity index (χ0) is 19.7. The molecular weight excluding hydrogens is 359 g/mol. The first-order valence-corrected chi connectivity index (χ1v) is 11.4. The molecular formula is C22H29O4P. The van der Waals surface area contributed by atoms with Crippen molar-refractivity contribution in [3.63, 3.8) is 0 Å². The average molecular weight is 388 g/mol. The molecule has 1 unspecified atom stereocenters. The second-order valence-corrected chi connectivity index (χ2v) is 9.40. The predicted molar refractivity (Wildman–Crippen MR) is 111 cm³/mol. The maximum atomic E-state index is 14.0. The second kappa shape index (κ2) is 10.3. The Morgan fingerprint density at radius 3 is 2.00 bits per heavy atom. The smallest absolute Gasteiger partial charge is 0.233 e. The monoisotopic (exact) mass is 388 g/mol. The first-order chi connectivity index (χ1) is 13.1. The molecule has 2 rings (SSSR count). The topological polar surface area (TPSA) is 52.6 Å². The fraction of sp³-hybridized carbons (Fsp3) is 0.409. The van der Waals surface area contributed by atoms with Crippen LogP contribution in [0.4, 0.5) is 0 Å². The maximum Gasteiger partial charge on any atom is 0.233 e. The average Bonchev–Trinajstić information content (AvgIpc) is 2.72. The predicted octanol–water partition coefficient (Wildman–Crippen LogP) is 5.50. The van der Waals surface area contributed by atoms with Gasteiger partial charge in [-0.1, -0.05) is 69.0 Å². The molecule has 27 heavy (non-hydrogen) atoms. The van der Waals surface area contributed by atoms with Gasteiger partial charge in [0.1, 0.15) is 17.1 Å². The Labute approximate surface area is 162 Å². The third-order valence-corrected chi connectivity index (χ3v) is 7.68. The molecule has 146 valence electrons. The highest BCUT2D eigenvalue weighted by Gasteiger charge is 2.37. The van der Waals surface area contributed by atoms with Gasteiger partial charge in [-0.2, -0.15) is 0 Å². The number of carbonyl (C=O) groups excluding carboxylic acids is 1. The van der Waals surface area contributed by atoms with Gasteiger partial charge >= 0.3 is 0 Å². The van der Waals surface area contributed by atoms with Crippen molar-refractivity contribution >= 4 is 18.0 Å². The number of unbranched alkanes of at least 4 members (excludes halogenated alkanes) is 4. The van der Waals surface area contributed by atoms with Crippen LogP contribution in [0.1, 0.15) is 49.4 Å². The van der Waals surface area contributed by atoms with Gasteiger partial charge in [-0.05, 0) is 18.6 Å². The highest BCUT2D eigenvalue weighted by molar-refractivity contribution is 7.87. The second-order valence-electron chi connectivity index (χ2n) is 6.56. The van der Waals surface area contributed by atoms with E-state index in [-0.39, 0.29) is 5.56 Å². The summed E-state index contributed by atoms with van der Waals surface area (Å²) in [4.78, 5) is 13.5. The van der Waals surface area contributed by atoms with E-state index in [2.05, 4.69) is 6.92 Å². The molecule has 2 aromatic rings. The van der Waals surface area contributed by atoms with E-state index in [0.717, 1.165) is 32.1 Å². The molecule has 0 saturated heterocycles. The van der Waals surface area contributed by atoms with Crippen molar-refractivity contribution in [3.8, 4) is 11.5 Å². The van der Waals surface area contributed by atoms with Gasteiger partial charge in [0.2, 0.25) is 5.52 Å². The fourth-order valence-corrected chi connectivity index (χ4v) is 5.80. The van der Waals surface area contributed by atoms with Crippen molar-refractivity contribution in [2.24, 2.45) is 0 Å². The number of methoxy groups -OCH3 is 2. The summed E-state index contributed by atoms with van der Waals surface area (Å²) in [6.07, 6.45) is 5.49. The van der Waals surface area contributed by atoms with Gasteiger partial charge in [0.15, 0.2) is 7.14 Å². The molecule has 0 aromatic heterocycles. The molecule has 0 heterocycles. The Bertz CT molecular complexity index is 764. The fourth-order valence-electron chi connectivity index (χ4n) is 3.20. The van der Waals surface area contributed by atoms with Crippen LogP contribution in [0, 0.1) is 0 Å². The summed E-state index contributed by atoms with van der Waals surface area (Å²) in [5.41, 5.74) is -0.123. The lowest BCUT2D eigenvalue weighted by Crippen LogP contribution is -2.17. The first kappa shape index (κ1) is 21.2. The number of carbonyl (C=O) groups is 1. The van der Waals surface area contributed by atoms with E-state index in [4.69, 9.17) is 9.47 Å². The maximum absolute atomic E-state index is 14.0. The summed E-state index contributed by atoms with van der Waals surface area (Å²) in [6.45, 7) is 2.16. The molecule has 0 fully saturated rings. The van der Waals surface area contributed by atoms with E-state index in [9.17, 15) is 9.36 Å². The molecule has 0 N–H and O–H groups in total. The molecule has 0 aliphatic carbocycles. The Kier molecular flexibility index (Phi) is 8.12. The lowest BCUT2D eigenvalue weighted by Gasteiger charge is -2.20. The zero-order valence-corrected chi connectivity index (χ0v) is 17.3. The Hall–Kier alpha value is -2.06. The summed E-state index contributed by atoms with van der Waals surface area (Å²) in [6, 6.07) is 14.2. The molecule has 5 heteroatoms. The lowest BCUT2D eigenvalue weighted by atomic mass is 10.2. The van der Waals surface area contributed by atoms with Crippen LogP contribution in [0.5, 0.6) is 11.5 Å². The number of ether oxygens (including phenoxy) is 2. The van der Waals surface area contributed by atoms with E-state index in [1.54, 1.807) is 30.3 Å². The summed E-state index contributed by atoms with van der Waals surface area (Å²) in [5, 5.41) is 0.596. The van der Waals surface area contributed by atoms with Crippen molar-refractivity contribution < 1.29 is 18.8 Å². The van der Waals surface area contributed by atoms with Gasteiger partial charge in [-0.15, -0.1) is 0 Å². The standard InChI is InChI=1S/C22H29O4P/c1-4-5-6-7-11-17-27(24,18-13-9-8-10-14-18)22(23)21-19(25-2)15-12-16-20(21)26-3/h8-10,12-16H,4-7,11,17H2,1-3H3. The number of rotatable bonds is 11. The van der Waals surface area contributed by atoms with Crippen molar-refractivity contribution in [3.05, 3.63) is 54.1 Å². The summed E-state index contributed by atoms with van der Waals surface area (Å²) < 4.78 is 24.8. The van der Waals surface area contributed by atoms with E-state index < -0.39 is 12.7 Å². The minimum absolute atomic E-state index is 0.267. The summed E-state index contributed by atoms with van der Waals surface area (Å²) in [5.74, 6) is 0.781. The molecule has 0 radical (unpaired) electrons. The third kappa shape index (κ3) is 5.01. The van der Waals surface area contributed by atoms with E-state index >= 15 is 0 Å². The lowest BCUT2D eigenvalue weighted by molar-refractivity contribution is 0.107.